The number of hydrogen-bond acceptors (Lipinski definition) is 5. The van der Waals surface area contributed by atoms with Crippen molar-refractivity contribution in [3.63, 3.8) is 0 Å². The third kappa shape index (κ3) is 8.11. The van der Waals surface area contributed by atoms with Crippen LogP contribution in [0.2, 0.25) is 0 Å². The molecule has 0 saturated heterocycles. The Morgan fingerprint density at radius 1 is 0.884 bits per heavy atom. The molecule has 5 rings (SSSR count). The fourth-order valence-corrected chi connectivity index (χ4v) is 5.91. The zero-order valence-electron chi connectivity index (χ0n) is 24.1. The first-order valence-corrected chi connectivity index (χ1v) is 15.5. The molecule has 0 aliphatic carbocycles. The van der Waals surface area contributed by atoms with Crippen LogP contribution in [-0.2, 0) is 12.2 Å². The summed E-state index contributed by atoms with van der Waals surface area (Å²) in [4.78, 5) is 12.5. The van der Waals surface area contributed by atoms with Crippen LogP contribution in [-0.4, -0.2) is 32.3 Å². The summed E-state index contributed by atoms with van der Waals surface area (Å²) < 4.78 is 15.8. The van der Waals surface area contributed by atoms with Gasteiger partial charge in [0.25, 0.3) is 5.91 Å². The van der Waals surface area contributed by atoms with E-state index in [4.69, 9.17) is 5.10 Å². The van der Waals surface area contributed by atoms with Crippen LogP contribution in [0.4, 0.5) is 4.39 Å². The number of nitrogens with zero attached hydrogens (tertiary/aromatic N) is 3. The number of halogens is 1. The van der Waals surface area contributed by atoms with Crippen molar-refractivity contribution >= 4 is 17.7 Å². The summed E-state index contributed by atoms with van der Waals surface area (Å²) in [5.41, 5.74) is 4.73. The number of thioether (sulfide) groups is 1. The van der Waals surface area contributed by atoms with Gasteiger partial charge in [-0.3, -0.25) is 9.36 Å². The zero-order chi connectivity index (χ0) is 30.0. The van der Waals surface area contributed by atoms with E-state index in [0.717, 1.165) is 47.2 Å². The van der Waals surface area contributed by atoms with Crippen LogP contribution < -0.4 is 5.32 Å². The van der Waals surface area contributed by atoms with Gasteiger partial charge in [0.05, 0.1) is 5.56 Å². The number of aryl methyl sites for hydroxylation is 1. The number of hydrogen-bond donors (Lipinski definition) is 2. The molecule has 1 amide bonds. The summed E-state index contributed by atoms with van der Waals surface area (Å²) >= 11 is 1.65. The Morgan fingerprint density at radius 2 is 1.58 bits per heavy atom. The number of amides is 1. The molecule has 0 bridgehead atoms. The van der Waals surface area contributed by atoms with E-state index >= 15 is 0 Å². The molecule has 6 nitrogen and oxygen atoms in total. The number of phenols is 1. The highest BCUT2D eigenvalue weighted by Gasteiger charge is 2.23. The number of nitrogens with one attached hydrogen (secondary N) is 1. The van der Waals surface area contributed by atoms with E-state index in [9.17, 15) is 14.3 Å². The predicted octanol–water partition coefficient (Wildman–Crippen LogP) is 7.64. The van der Waals surface area contributed by atoms with Crippen molar-refractivity contribution < 1.29 is 14.3 Å². The lowest BCUT2D eigenvalue weighted by Crippen LogP contribution is -2.24. The van der Waals surface area contributed by atoms with Gasteiger partial charge in [-0.15, -0.1) is 10.2 Å². The van der Waals surface area contributed by atoms with Gasteiger partial charge >= 0.3 is 0 Å². The van der Waals surface area contributed by atoms with Crippen LogP contribution in [0.5, 0.6) is 5.75 Å². The van der Waals surface area contributed by atoms with Gasteiger partial charge < -0.3 is 10.4 Å². The zero-order valence-corrected chi connectivity index (χ0v) is 24.9. The van der Waals surface area contributed by atoms with Crippen molar-refractivity contribution in [3.8, 4) is 11.4 Å². The van der Waals surface area contributed by atoms with Crippen LogP contribution in [0.25, 0.3) is 5.69 Å². The predicted molar refractivity (Wildman–Crippen MR) is 169 cm³/mol. The van der Waals surface area contributed by atoms with E-state index in [1.165, 1.54) is 29.3 Å². The number of carbonyl (C=O) groups excluding carboxylic acids is 1. The molecule has 1 aromatic heterocycles. The topological polar surface area (TPSA) is 80.0 Å². The third-order valence-corrected chi connectivity index (χ3v) is 8.34. The molecule has 0 spiro atoms. The summed E-state index contributed by atoms with van der Waals surface area (Å²) in [6.45, 7) is 2.57. The van der Waals surface area contributed by atoms with Gasteiger partial charge in [0, 0.05) is 23.9 Å². The van der Waals surface area contributed by atoms with Crippen molar-refractivity contribution in [2.24, 2.45) is 0 Å². The number of aromatic nitrogens is 3. The van der Waals surface area contributed by atoms with Gasteiger partial charge in [-0.1, -0.05) is 90.5 Å². The van der Waals surface area contributed by atoms with E-state index in [1.807, 2.05) is 30.3 Å². The van der Waals surface area contributed by atoms with Crippen LogP contribution in [0.1, 0.15) is 58.1 Å². The number of aromatic hydroxyl groups is 1. The number of benzene rings is 4. The molecule has 0 saturated carbocycles. The average molecular weight is 595 g/mol. The molecule has 2 N–H and O–H groups in total. The molecule has 1 unspecified atom stereocenters. The van der Waals surface area contributed by atoms with Gasteiger partial charge in [0.2, 0.25) is 0 Å². The SMILES string of the molecule is Cc1ccc(CSc2nnc(C(CCCCNC(=O)c3ccccc3O)Cc3ccc(F)cc3)n2-c2ccccc2)cc1. The van der Waals surface area contributed by atoms with E-state index in [-0.39, 0.29) is 29.0 Å². The monoisotopic (exact) mass is 594 g/mol. The van der Waals surface area contributed by atoms with Crippen molar-refractivity contribution in [1.82, 2.24) is 20.1 Å². The quantitative estimate of drug-likeness (QED) is 0.108. The lowest BCUT2D eigenvalue weighted by atomic mass is 9.93. The Balaban J connectivity index is 1.34. The summed E-state index contributed by atoms with van der Waals surface area (Å²) in [5, 5.41) is 23.1. The Morgan fingerprint density at radius 3 is 2.33 bits per heavy atom. The second-order valence-corrected chi connectivity index (χ2v) is 11.5. The number of phenolic OH excluding ortho intramolecular Hbond substituents is 1. The maximum atomic E-state index is 13.7. The minimum atomic E-state index is -0.292. The fourth-order valence-electron chi connectivity index (χ4n) is 5.00. The smallest absolute Gasteiger partial charge is 0.255 e. The minimum absolute atomic E-state index is 0.0146. The summed E-state index contributed by atoms with van der Waals surface area (Å²) in [6.07, 6.45) is 3.07. The fraction of sp³-hybridized carbons (Fsp3) is 0.229. The average Bonchev–Trinajstić information content (AvgIpc) is 3.45. The molecule has 43 heavy (non-hydrogen) atoms. The van der Waals surface area contributed by atoms with Crippen LogP contribution in [0.15, 0.2) is 108 Å². The first kappa shape index (κ1) is 30.0. The molecule has 220 valence electrons. The lowest BCUT2D eigenvalue weighted by Gasteiger charge is -2.19. The summed E-state index contributed by atoms with van der Waals surface area (Å²) in [7, 11) is 0. The molecule has 0 radical (unpaired) electrons. The third-order valence-electron chi connectivity index (χ3n) is 7.34. The minimum Gasteiger partial charge on any atom is -0.507 e. The summed E-state index contributed by atoms with van der Waals surface area (Å²) in [5.74, 6) is 1.06. The maximum absolute atomic E-state index is 13.7. The van der Waals surface area contributed by atoms with Gasteiger partial charge in [0.1, 0.15) is 17.4 Å². The molecule has 0 fully saturated rings. The second kappa shape index (κ2) is 14.6. The Hall–Kier alpha value is -4.43. The normalized spacial score (nSPS) is 11.8. The molecule has 1 atom stereocenters. The Labute approximate surface area is 256 Å². The van der Waals surface area contributed by atoms with Crippen LogP contribution >= 0.6 is 11.8 Å². The number of rotatable bonds is 13. The van der Waals surface area contributed by atoms with Crippen molar-refractivity contribution in [2.45, 2.75) is 49.4 Å². The van der Waals surface area contributed by atoms with Gasteiger partial charge in [-0.25, -0.2) is 4.39 Å². The van der Waals surface area contributed by atoms with Gasteiger partial charge in [-0.2, -0.15) is 0 Å². The largest absolute Gasteiger partial charge is 0.507 e. The van der Waals surface area contributed by atoms with Crippen molar-refractivity contribution in [3.05, 3.63) is 137 Å². The molecular formula is C35H35FN4O2S. The van der Waals surface area contributed by atoms with Gasteiger partial charge in [-0.05, 0) is 73.7 Å². The van der Waals surface area contributed by atoms with Crippen LogP contribution in [0.3, 0.4) is 0 Å². The molecule has 5 aromatic rings. The Kier molecular flexibility index (Phi) is 10.2. The highest BCUT2D eigenvalue weighted by Crippen LogP contribution is 2.32. The lowest BCUT2D eigenvalue weighted by molar-refractivity contribution is 0.0950. The molecule has 8 heteroatoms. The molecule has 4 aromatic carbocycles. The first-order chi connectivity index (χ1) is 21.0. The summed E-state index contributed by atoms with van der Waals surface area (Å²) in [6, 6.07) is 31.8. The van der Waals surface area contributed by atoms with E-state index in [2.05, 4.69) is 58.3 Å². The first-order valence-electron chi connectivity index (χ1n) is 14.5. The van der Waals surface area contributed by atoms with Crippen LogP contribution in [0, 0.1) is 12.7 Å². The number of para-hydroxylation sites is 2. The molecular weight excluding hydrogens is 559 g/mol. The van der Waals surface area contributed by atoms with E-state index in [1.54, 1.807) is 30.0 Å². The highest BCUT2D eigenvalue weighted by molar-refractivity contribution is 7.98. The van der Waals surface area contributed by atoms with E-state index in [0.29, 0.717) is 13.0 Å². The second-order valence-electron chi connectivity index (χ2n) is 10.6. The van der Waals surface area contributed by atoms with Crippen molar-refractivity contribution in [1.29, 1.82) is 0 Å². The molecule has 0 aliphatic rings. The van der Waals surface area contributed by atoms with Crippen molar-refractivity contribution in [2.75, 3.05) is 6.54 Å². The number of unbranched alkanes of at least 4 members (excludes halogenated alkanes) is 1. The van der Waals surface area contributed by atoms with E-state index < -0.39 is 0 Å². The Bertz CT molecular complexity index is 1620. The molecule has 1 heterocycles. The number of carbonyl (C=O) groups is 1. The highest BCUT2D eigenvalue weighted by atomic mass is 32.2. The standard InChI is InChI=1S/C35H35FN4O2S/c1-25-14-16-27(17-15-25)24-43-35-39-38-33(40(35)30-10-3-2-4-11-30)28(23-26-18-20-29(36)21-19-26)9-7-8-22-37-34(42)31-12-5-6-13-32(31)41/h2-6,10-21,28,41H,7-9,22-24H2,1H3,(H,37,42). The molecule has 0 aliphatic heterocycles. The maximum Gasteiger partial charge on any atom is 0.255 e. The van der Waals surface area contributed by atoms with Gasteiger partial charge in [0.15, 0.2) is 5.16 Å².